The lowest BCUT2D eigenvalue weighted by Gasteiger charge is -2.14. The maximum absolute atomic E-state index is 11.9. The van der Waals surface area contributed by atoms with E-state index >= 15 is 0 Å². The number of hydrogen-bond acceptors (Lipinski definition) is 3. The average molecular weight is 220 g/mol. The number of nitrogens with one attached hydrogen (secondary N) is 1. The molecule has 1 rings (SSSR count). The lowest BCUT2D eigenvalue weighted by molar-refractivity contribution is -0.201. The summed E-state index contributed by atoms with van der Waals surface area (Å²) in [6.45, 7) is -0.235. The van der Waals surface area contributed by atoms with Crippen molar-refractivity contribution < 1.29 is 18.3 Å². The summed E-state index contributed by atoms with van der Waals surface area (Å²) in [5, 5.41) is 11.2. The first-order valence-corrected chi connectivity index (χ1v) is 4.34. The van der Waals surface area contributed by atoms with Gasteiger partial charge in [0.15, 0.2) is 6.10 Å². The Morgan fingerprint density at radius 1 is 1.33 bits per heavy atom. The standard InChI is InChI=1S/C9H11F3N2O/c10-9(11,12)8(15)6-14-5-7-1-3-13-4-2-7/h1-4,8,14-15H,5-6H2. The molecule has 0 spiro atoms. The molecule has 0 aromatic carbocycles. The molecule has 0 bridgehead atoms. The second kappa shape index (κ2) is 5.09. The van der Waals surface area contributed by atoms with E-state index in [1.165, 1.54) is 0 Å². The van der Waals surface area contributed by atoms with Crippen molar-refractivity contribution in [2.45, 2.75) is 18.8 Å². The van der Waals surface area contributed by atoms with Crippen molar-refractivity contribution in [1.82, 2.24) is 10.3 Å². The van der Waals surface area contributed by atoms with E-state index < -0.39 is 18.8 Å². The second-order valence-corrected chi connectivity index (χ2v) is 3.04. The van der Waals surface area contributed by atoms with Crippen molar-refractivity contribution in [2.75, 3.05) is 6.54 Å². The molecule has 0 saturated heterocycles. The molecule has 15 heavy (non-hydrogen) atoms. The molecule has 2 N–H and O–H groups in total. The van der Waals surface area contributed by atoms with Gasteiger partial charge in [0.2, 0.25) is 0 Å². The van der Waals surface area contributed by atoms with Crippen LogP contribution in [0.2, 0.25) is 0 Å². The smallest absolute Gasteiger partial charge is 0.382 e. The highest BCUT2D eigenvalue weighted by Crippen LogP contribution is 2.19. The Morgan fingerprint density at radius 2 is 1.93 bits per heavy atom. The number of halogens is 3. The highest BCUT2D eigenvalue weighted by atomic mass is 19.4. The van der Waals surface area contributed by atoms with Crippen LogP contribution in [0.5, 0.6) is 0 Å². The molecule has 0 aliphatic carbocycles. The first-order chi connectivity index (χ1) is 7.00. The molecule has 1 aromatic heterocycles. The van der Waals surface area contributed by atoms with E-state index in [0.717, 1.165) is 5.56 Å². The van der Waals surface area contributed by atoms with Gasteiger partial charge in [-0.3, -0.25) is 4.98 Å². The number of rotatable bonds is 4. The Hall–Kier alpha value is -1.14. The molecule has 84 valence electrons. The fourth-order valence-electron chi connectivity index (χ4n) is 0.970. The van der Waals surface area contributed by atoms with Crippen molar-refractivity contribution in [3.63, 3.8) is 0 Å². The first-order valence-electron chi connectivity index (χ1n) is 4.34. The summed E-state index contributed by atoms with van der Waals surface area (Å²) in [5.74, 6) is 0. The van der Waals surface area contributed by atoms with Crippen molar-refractivity contribution >= 4 is 0 Å². The van der Waals surface area contributed by atoms with E-state index in [4.69, 9.17) is 5.11 Å². The molecule has 1 atom stereocenters. The quantitative estimate of drug-likeness (QED) is 0.798. The van der Waals surface area contributed by atoms with Gasteiger partial charge in [-0.25, -0.2) is 0 Å². The van der Waals surface area contributed by atoms with Gasteiger partial charge in [-0.1, -0.05) is 0 Å². The third-order valence-electron chi connectivity index (χ3n) is 1.79. The van der Waals surface area contributed by atoms with Crippen LogP contribution >= 0.6 is 0 Å². The van der Waals surface area contributed by atoms with Crippen molar-refractivity contribution in [3.05, 3.63) is 30.1 Å². The van der Waals surface area contributed by atoms with Gasteiger partial charge in [0, 0.05) is 25.5 Å². The summed E-state index contributed by atoms with van der Waals surface area (Å²) in [6, 6.07) is 3.37. The summed E-state index contributed by atoms with van der Waals surface area (Å²) in [7, 11) is 0. The molecule has 6 heteroatoms. The Kier molecular flexibility index (Phi) is 4.05. The molecule has 1 aromatic rings. The fourth-order valence-corrected chi connectivity index (χ4v) is 0.970. The average Bonchev–Trinajstić information content (AvgIpc) is 2.18. The Balaban J connectivity index is 2.28. The molecule has 3 nitrogen and oxygen atoms in total. The van der Waals surface area contributed by atoms with Gasteiger partial charge >= 0.3 is 6.18 Å². The largest absolute Gasteiger partial charge is 0.415 e. The number of aliphatic hydroxyl groups is 1. The highest BCUT2D eigenvalue weighted by Gasteiger charge is 2.37. The second-order valence-electron chi connectivity index (χ2n) is 3.04. The molecular formula is C9H11F3N2O. The van der Waals surface area contributed by atoms with E-state index in [-0.39, 0.29) is 6.54 Å². The Morgan fingerprint density at radius 3 is 2.47 bits per heavy atom. The maximum atomic E-state index is 11.9. The number of aliphatic hydroxyl groups excluding tert-OH is 1. The van der Waals surface area contributed by atoms with Gasteiger partial charge in [0.1, 0.15) is 0 Å². The summed E-state index contributed by atoms with van der Waals surface area (Å²) >= 11 is 0. The molecule has 0 saturated carbocycles. The van der Waals surface area contributed by atoms with Crippen LogP contribution in [0.3, 0.4) is 0 Å². The molecule has 0 amide bonds. The van der Waals surface area contributed by atoms with Crippen molar-refractivity contribution in [3.8, 4) is 0 Å². The normalized spacial score (nSPS) is 13.9. The van der Waals surface area contributed by atoms with Crippen LogP contribution in [-0.4, -0.2) is 28.9 Å². The maximum Gasteiger partial charge on any atom is 0.415 e. The van der Waals surface area contributed by atoms with Crippen molar-refractivity contribution in [2.24, 2.45) is 0 Å². The van der Waals surface area contributed by atoms with Crippen LogP contribution in [-0.2, 0) is 6.54 Å². The minimum atomic E-state index is -4.56. The molecule has 0 aliphatic rings. The van der Waals surface area contributed by atoms with Gasteiger partial charge in [0.25, 0.3) is 0 Å². The molecule has 0 aliphatic heterocycles. The molecule has 1 unspecified atom stereocenters. The Bertz CT molecular complexity index is 289. The number of hydrogen-bond donors (Lipinski definition) is 2. The number of nitrogens with zero attached hydrogens (tertiary/aromatic N) is 1. The summed E-state index contributed by atoms with van der Waals surface area (Å²) < 4.78 is 35.6. The monoisotopic (exact) mass is 220 g/mol. The predicted molar refractivity (Wildman–Crippen MR) is 48.0 cm³/mol. The topological polar surface area (TPSA) is 45.1 Å². The van der Waals surface area contributed by atoms with Gasteiger partial charge in [-0.15, -0.1) is 0 Å². The lowest BCUT2D eigenvalue weighted by Crippen LogP contribution is -2.38. The van der Waals surface area contributed by atoms with Gasteiger partial charge in [-0.2, -0.15) is 13.2 Å². The van der Waals surface area contributed by atoms with Crippen LogP contribution in [0.25, 0.3) is 0 Å². The summed E-state index contributed by atoms with van der Waals surface area (Å²) in [5.41, 5.74) is 0.819. The fraction of sp³-hybridized carbons (Fsp3) is 0.444. The first kappa shape index (κ1) is 11.9. The summed E-state index contributed by atoms with van der Waals surface area (Å²) in [6.07, 6.45) is -3.78. The van der Waals surface area contributed by atoms with E-state index in [1.54, 1.807) is 24.5 Å². The molecular weight excluding hydrogens is 209 g/mol. The minimum Gasteiger partial charge on any atom is -0.382 e. The number of aromatic nitrogens is 1. The predicted octanol–water partition coefficient (Wildman–Crippen LogP) is 1.09. The van der Waals surface area contributed by atoms with Crippen LogP contribution in [0.4, 0.5) is 13.2 Å². The van der Waals surface area contributed by atoms with Gasteiger partial charge < -0.3 is 10.4 Å². The summed E-state index contributed by atoms with van der Waals surface area (Å²) in [4.78, 5) is 3.77. The SMILES string of the molecule is OC(CNCc1ccncc1)C(F)(F)F. The van der Waals surface area contributed by atoms with Crippen molar-refractivity contribution in [1.29, 1.82) is 0 Å². The zero-order valence-electron chi connectivity index (χ0n) is 7.83. The Labute approximate surface area is 85.0 Å². The van der Waals surface area contributed by atoms with Crippen LogP contribution in [0.15, 0.2) is 24.5 Å². The number of alkyl halides is 3. The highest BCUT2D eigenvalue weighted by molar-refractivity contribution is 5.08. The van der Waals surface area contributed by atoms with E-state index in [0.29, 0.717) is 0 Å². The van der Waals surface area contributed by atoms with E-state index in [9.17, 15) is 13.2 Å². The number of pyridine rings is 1. The lowest BCUT2D eigenvalue weighted by atomic mass is 10.2. The van der Waals surface area contributed by atoms with Gasteiger partial charge in [0.05, 0.1) is 0 Å². The third kappa shape index (κ3) is 4.26. The minimum absolute atomic E-state index is 0.273. The van der Waals surface area contributed by atoms with Crippen LogP contribution in [0, 0.1) is 0 Å². The third-order valence-corrected chi connectivity index (χ3v) is 1.79. The van der Waals surface area contributed by atoms with Crippen LogP contribution in [0.1, 0.15) is 5.56 Å². The molecule has 1 heterocycles. The molecule has 0 fully saturated rings. The zero-order chi connectivity index (χ0) is 11.3. The zero-order valence-corrected chi connectivity index (χ0v) is 7.83. The van der Waals surface area contributed by atoms with E-state index in [1.807, 2.05) is 0 Å². The van der Waals surface area contributed by atoms with Gasteiger partial charge in [-0.05, 0) is 17.7 Å². The van der Waals surface area contributed by atoms with E-state index in [2.05, 4.69) is 10.3 Å². The van der Waals surface area contributed by atoms with Crippen LogP contribution < -0.4 is 5.32 Å². The molecule has 0 radical (unpaired) electrons.